The smallest absolute Gasteiger partial charge is 0.307 e. The summed E-state index contributed by atoms with van der Waals surface area (Å²) < 4.78 is 31.5. The molecule has 3 aromatic carbocycles. The topological polar surface area (TPSA) is 150 Å². The highest BCUT2D eigenvalue weighted by atomic mass is 16.6. The van der Waals surface area contributed by atoms with Crippen LogP contribution in [0.15, 0.2) is 60.7 Å². The van der Waals surface area contributed by atoms with Crippen molar-refractivity contribution in [1.29, 1.82) is 0 Å². The van der Waals surface area contributed by atoms with Crippen LogP contribution in [0.5, 0.6) is 23.0 Å². The highest BCUT2D eigenvalue weighted by molar-refractivity contribution is 6.01. The van der Waals surface area contributed by atoms with Crippen molar-refractivity contribution >= 4 is 23.4 Å². The second kappa shape index (κ2) is 14.3. The summed E-state index contributed by atoms with van der Waals surface area (Å²) in [7, 11) is 5.59. The van der Waals surface area contributed by atoms with Crippen molar-refractivity contribution in [2.75, 3.05) is 28.4 Å². The van der Waals surface area contributed by atoms with Crippen LogP contribution in [0.3, 0.4) is 0 Å². The van der Waals surface area contributed by atoms with Crippen molar-refractivity contribution in [1.82, 2.24) is 0 Å². The number of nitro groups is 1. The second-order valence-electron chi connectivity index (χ2n) is 8.50. The number of ketones is 1. The molecule has 0 radical (unpaired) electrons. The molecule has 1 atom stereocenters. The molecule has 0 saturated carbocycles. The average Bonchev–Trinajstić information content (AvgIpc) is 3.00. The molecule has 216 valence electrons. The molecule has 0 N–H and O–H groups in total. The van der Waals surface area contributed by atoms with Crippen LogP contribution in [0.25, 0.3) is 0 Å². The van der Waals surface area contributed by atoms with E-state index in [1.54, 1.807) is 48.5 Å². The predicted octanol–water partition coefficient (Wildman–Crippen LogP) is 4.62. The van der Waals surface area contributed by atoms with E-state index in [0.717, 1.165) is 6.07 Å². The van der Waals surface area contributed by atoms with Crippen LogP contribution in [0, 0.1) is 10.1 Å². The maximum atomic E-state index is 13.3. The number of carbonyl (C=O) groups is 3. The number of esters is 2. The number of carbonyl (C=O) groups excluding carboxylic acids is 3. The van der Waals surface area contributed by atoms with Gasteiger partial charge in [0.05, 0.1) is 57.8 Å². The molecule has 12 nitrogen and oxygen atoms in total. The molecule has 0 amide bonds. The van der Waals surface area contributed by atoms with E-state index in [0.29, 0.717) is 22.6 Å². The van der Waals surface area contributed by atoms with Crippen molar-refractivity contribution in [2.45, 2.75) is 25.6 Å². The fourth-order valence-electron chi connectivity index (χ4n) is 3.83. The zero-order valence-corrected chi connectivity index (χ0v) is 22.9. The van der Waals surface area contributed by atoms with Crippen LogP contribution in [0.4, 0.5) is 5.69 Å². The number of Topliss-reactive ketones (excluding diaryl/α,β-unsaturated/α-hetero) is 1. The molecule has 0 aromatic heterocycles. The zero-order chi connectivity index (χ0) is 29.9. The molecule has 0 bridgehead atoms. The molecule has 0 fully saturated rings. The molecule has 0 saturated heterocycles. The lowest BCUT2D eigenvalue weighted by Crippen LogP contribution is -2.21. The fourth-order valence-corrected chi connectivity index (χ4v) is 3.83. The number of ether oxygens (including phenoxy) is 6. The third-order valence-electron chi connectivity index (χ3n) is 5.93. The summed E-state index contributed by atoms with van der Waals surface area (Å²) in [6, 6.07) is 15.5. The number of hydrogen-bond acceptors (Lipinski definition) is 11. The Morgan fingerprint density at radius 2 is 1.37 bits per heavy atom. The van der Waals surface area contributed by atoms with E-state index in [9.17, 15) is 24.5 Å². The van der Waals surface area contributed by atoms with Gasteiger partial charge in [0.25, 0.3) is 5.69 Å². The summed E-state index contributed by atoms with van der Waals surface area (Å²) in [5.41, 5.74) is 0.365. The molecule has 12 heteroatoms. The van der Waals surface area contributed by atoms with Crippen LogP contribution in [0.2, 0.25) is 0 Å². The lowest BCUT2D eigenvalue weighted by atomic mass is 9.99. The minimum absolute atomic E-state index is 0.0732. The van der Waals surface area contributed by atoms with Crippen molar-refractivity contribution in [3.05, 3.63) is 87.5 Å². The molecule has 3 rings (SSSR count). The van der Waals surface area contributed by atoms with Crippen LogP contribution >= 0.6 is 0 Å². The lowest BCUT2D eigenvalue weighted by molar-refractivity contribution is -0.385. The first-order valence-electron chi connectivity index (χ1n) is 12.3. The Hall–Kier alpha value is -5.13. The number of nitrogens with zero attached hydrogens (tertiary/aromatic N) is 1. The van der Waals surface area contributed by atoms with E-state index in [2.05, 4.69) is 0 Å². The molecule has 3 aromatic rings. The van der Waals surface area contributed by atoms with Gasteiger partial charge in [0.1, 0.15) is 18.1 Å². The van der Waals surface area contributed by atoms with Crippen molar-refractivity contribution in [2.24, 2.45) is 0 Å². The van der Waals surface area contributed by atoms with Gasteiger partial charge in [-0.2, -0.15) is 0 Å². The maximum Gasteiger partial charge on any atom is 0.307 e. The van der Waals surface area contributed by atoms with Crippen molar-refractivity contribution in [3.8, 4) is 23.0 Å². The minimum atomic E-state index is -1.35. The van der Waals surface area contributed by atoms with Gasteiger partial charge in [-0.05, 0) is 18.2 Å². The molecule has 0 aliphatic heterocycles. The Morgan fingerprint density at radius 3 is 1.93 bits per heavy atom. The number of nitro benzene ring substituents is 1. The van der Waals surface area contributed by atoms with Gasteiger partial charge >= 0.3 is 11.9 Å². The summed E-state index contributed by atoms with van der Waals surface area (Å²) >= 11 is 0. The third kappa shape index (κ3) is 7.94. The zero-order valence-electron chi connectivity index (χ0n) is 22.9. The third-order valence-corrected chi connectivity index (χ3v) is 5.93. The normalized spacial score (nSPS) is 11.1. The van der Waals surface area contributed by atoms with E-state index in [4.69, 9.17) is 28.4 Å². The number of rotatable bonds is 14. The summed E-state index contributed by atoms with van der Waals surface area (Å²) in [6.07, 6.45) is -2.15. The number of hydrogen-bond donors (Lipinski definition) is 0. The van der Waals surface area contributed by atoms with Gasteiger partial charge < -0.3 is 28.4 Å². The number of methoxy groups -OCH3 is 4. The van der Waals surface area contributed by atoms with Crippen LogP contribution < -0.4 is 18.9 Å². The molecule has 0 aliphatic rings. The molecule has 0 aliphatic carbocycles. The van der Waals surface area contributed by atoms with E-state index in [1.807, 2.05) is 0 Å². The Labute approximate surface area is 235 Å². The van der Waals surface area contributed by atoms with Gasteiger partial charge in [0.15, 0.2) is 17.6 Å². The first kappa shape index (κ1) is 30.4. The van der Waals surface area contributed by atoms with Crippen LogP contribution in [-0.2, 0) is 25.7 Å². The summed E-state index contributed by atoms with van der Waals surface area (Å²) in [6.45, 7) is -0.441. The summed E-state index contributed by atoms with van der Waals surface area (Å²) in [4.78, 5) is 49.4. The Bertz CT molecular complexity index is 1380. The Balaban J connectivity index is 1.71. The average molecular weight is 568 g/mol. The molecule has 1 unspecified atom stereocenters. The summed E-state index contributed by atoms with van der Waals surface area (Å²) in [5, 5.41) is 11.5. The van der Waals surface area contributed by atoms with Crippen molar-refractivity contribution in [3.63, 3.8) is 0 Å². The first-order chi connectivity index (χ1) is 19.7. The molecule has 41 heavy (non-hydrogen) atoms. The first-order valence-corrected chi connectivity index (χ1v) is 12.3. The quantitative estimate of drug-likeness (QED) is 0.116. The molecule has 0 heterocycles. The maximum absolute atomic E-state index is 13.3. The SMILES string of the molecule is COc1cc(OC)cc(C(OC(=O)CCC(=O)OCc2cc(OC)c(OC)cc2[N+](=O)[O-])C(=O)c2ccccc2)c1. The largest absolute Gasteiger partial charge is 0.497 e. The lowest BCUT2D eigenvalue weighted by Gasteiger charge is -2.19. The molecular weight excluding hydrogens is 538 g/mol. The Morgan fingerprint density at radius 1 is 0.780 bits per heavy atom. The monoisotopic (exact) mass is 567 g/mol. The van der Waals surface area contributed by atoms with Crippen molar-refractivity contribution < 1.29 is 47.7 Å². The number of benzene rings is 3. The van der Waals surface area contributed by atoms with Crippen LogP contribution in [-0.4, -0.2) is 51.1 Å². The van der Waals surface area contributed by atoms with Crippen LogP contribution in [0.1, 0.15) is 40.4 Å². The highest BCUT2D eigenvalue weighted by Crippen LogP contribution is 2.35. The molecule has 0 spiro atoms. The van der Waals surface area contributed by atoms with E-state index >= 15 is 0 Å². The van der Waals surface area contributed by atoms with E-state index < -0.39 is 48.2 Å². The summed E-state index contributed by atoms with van der Waals surface area (Å²) in [5.74, 6) is -1.00. The van der Waals surface area contributed by atoms with Gasteiger partial charge in [-0.15, -0.1) is 0 Å². The molecular formula is C29H29NO11. The fraction of sp³-hybridized carbons (Fsp3) is 0.276. The second-order valence-corrected chi connectivity index (χ2v) is 8.50. The predicted molar refractivity (Wildman–Crippen MR) is 144 cm³/mol. The van der Waals surface area contributed by atoms with Gasteiger partial charge in [-0.3, -0.25) is 24.5 Å². The standard InChI is InChI=1S/C29H29NO11/c1-36-21-12-19(13-22(15-21)37-2)29(28(33)18-8-6-5-7-9-18)41-27(32)11-10-26(31)40-17-20-14-24(38-3)25(39-4)16-23(20)30(34)35/h5-9,12-16,29H,10-11,17H2,1-4H3. The van der Waals surface area contributed by atoms with Gasteiger partial charge in [-0.1, -0.05) is 30.3 Å². The van der Waals surface area contributed by atoms with Gasteiger partial charge in [0.2, 0.25) is 5.78 Å². The van der Waals surface area contributed by atoms with Gasteiger partial charge in [-0.25, -0.2) is 0 Å². The highest BCUT2D eigenvalue weighted by Gasteiger charge is 2.28. The minimum Gasteiger partial charge on any atom is -0.497 e. The van der Waals surface area contributed by atoms with E-state index in [1.165, 1.54) is 34.5 Å². The van der Waals surface area contributed by atoms with E-state index in [-0.39, 0.29) is 22.7 Å². The Kier molecular flexibility index (Phi) is 10.6. The van der Waals surface area contributed by atoms with Gasteiger partial charge in [0, 0.05) is 17.2 Å².